The Balaban J connectivity index is 1.22. The van der Waals surface area contributed by atoms with Crippen LogP contribution in [0.5, 0.6) is 11.5 Å². The molecule has 5 nitrogen and oxygen atoms in total. The SMILES string of the molecule is CC(C)(C)c1ccc2c(c1)N(c1c(F)cccc1F)CN2c1cc(Oc2ccc3c4ccccc4n(-c4ccccn4)c3c2)cc(-c2ccccc2C(C)(C)C)c1. The van der Waals surface area contributed by atoms with Gasteiger partial charge in [-0.3, -0.25) is 4.57 Å². The van der Waals surface area contributed by atoms with Crippen LogP contribution >= 0.6 is 0 Å². The Labute approximate surface area is 332 Å². The third-order valence-corrected chi connectivity index (χ3v) is 10.9. The largest absolute Gasteiger partial charge is 0.457 e. The number of benzene rings is 6. The minimum atomic E-state index is -0.612. The standard InChI is InChI=1S/C50H44F2N4O/c1-49(2,3)33-21-24-44-46(28-33)55(48-41(51)17-13-18-42(48)52)31-54(44)34-26-32(37-14-7-9-16-40(37)50(4,5)6)27-36(29-34)57-35-22-23-39-38-15-8-10-19-43(38)56(45(39)30-35)47-20-11-12-25-53-47/h7-30H,31H2,1-6H3. The molecule has 0 radical (unpaired) electrons. The van der Waals surface area contributed by atoms with Crippen LogP contribution in [0.3, 0.4) is 0 Å². The fourth-order valence-electron chi connectivity index (χ4n) is 8.11. The number of halogens is 2. The number of ether oxygens (including phenoxy) is 1. The summed E-state index contributed by atoms with van der Waals surface area (Å²) in [4.78, 5) is 8.57. The van der Waals surface area contributed by atoms with Crippen molar-refractivity contribution in [2.75, 3.05) is 16.5 Å². The van der Waals surface area contributed by atoms with E-state index in [4.69, 9.17) is 9.72 Å². The van der Waals surface area contributed by atoms with Gasteiger partial charge >= 0.3 is 0 Å². The van der Waals surface area contributed by atoms with Gasteiger partial charge in [0.1, 0.15) is 41.3 Å². The number of para-hydroxylation sites is 2. The van der Waals surface area contributed by atoms with Gasteiger partial charge in [-0.1, -0.05) is 102 Å². The number of nitrogens with zero attached hydrogens (tertiary/aromatic N) is 4. The fourth-order valence-corrected chi connectivity index (χ4v) is 8.11. The summed E-state index contributed by atoms with van der Waals surface area (Å²) in [5.74, 6) is 0.900. The van der Waals surface area contributed by atoms with Crippen molar-refractivity contribution in [3.8, 4) is 28.4 Å². The van der Waals surface area contributed by atoms with Gasteiger partial charge < -0.3 is 14.5 Å². The number of hydrogen-bond donors (Lipinski definition) is 0. The molecule has 0 unspecified atom stereocenters. The quantitative estimate of drug-likeness (QED) is 0.169. The van der Waals surface area contributed by atoms with E-state index in [-0.39, 0.29) is 23.2 Å². The van der Waals surface area contributed by atoms with Crippen LogP contribution in [0, 0.1) is 11.6 Å². The van der Waals surface area contributed by atoms with E-state index < -0.39 is 11.6 Å². The highest BCUT2D eigenvalue weighted by molar-refractivity contribution is 6.09. The van der Waals surface area contributed by atoms with Crippen LogP contribution in [0.15, 0.2) is 146 Å². The molecule has 0 saturated carbocycles. The molecule has 6 aromatic carbocycles. The Morgan fingerprint density at radius 2 is 1.32 bits per heavy atom. The van der Waals surface area contributed by atoms with Crippen molar-refractivity contribution >= 4 is 44.6 Å². The first-order valence-electron chi connectivity index (χ1n) is 19.4. The van der Waals surface area contributed by atoms with Gasteiger partial charge in [0.05, 0.1) is 22.4 Å². The number of aromatic nitrogens is 2. The minimum Gasteiger partial charge on any atom is -0.457 e. The van der Waals surface area contributed by atoms with Crippen molar-refractivity contribution in [1.82, 2.24) is 9.55 Å². The molecule has 1 aliphatic heterocycles. The zero-order valence-corrected chi connectivity index (χ0v) is 33.0. The topological polar surface area (TPSA) is 33.5 Å². The number of anilines is 4. The average molecular weight is 755 g/mol. The Hall–Kier alpha value is -6.47. The molecule has 2 aromatic heterocycles. The molecular weight excluding hydrogens is 711 g/mol. The van der Waals surface area contributed by atoms with Crippen LogP contribution in [-0.4, -0.2) is 16.2 Å². The van der Waals surface area contributed by atoms with Gasteiger partial charge in [-0.25, -0.2) is 13.8 Å². The van der Waals surface area contributed by atoms with Crippen LogP contribution in [0.1, 0.15) is 52.7 Å². The lowest BCUT2D eigenvalue weighted by Crippen LogP contribution is -2.25. The highest BCUT2D eigenvalue weighted by Gasteiger charge is 2.33. The van der Waals surface area contributed by atoms with Gasteiger partial charge in [-0.05, 0) is 99.8 Å². The van der Waals surface area contributed by atoms with Crippen molar-refractivity contribution in [3.63, 3.8) is 0 Å². The van der Waals surface area contributed by atoms with Crippen molar-refractivity contribution in [2.24, 2.45) is 0 Å². The van der Waals surface area contributed by atoms with Crippen LogP contribution in [0.2, 0.25) is 0 Å². The van der Waals surface area contributed by atoms with E-state index in [1.54, 1.807) is 11.1 Å². The molecule has 57 heavy (non-hydrogen) atoms. The van der Waals surface area contributed by atoms with Gasteiger partial charge in [0.25, 0.3) is 0 Å². The summed E-state index contributed by atoms with van der Waals surface area (Å²) in [6.07, 6.45) is 1.81. The maximum absolute atomic E-state index is 15.6. The highest BCUT2D eigenvalue weighted by atomic mass is 19.1. The fraction of sp³-hybridized carbons (Fsp3) is 0.180. The zero-order chi connectivity index (χ0) is 39.6. The number of pyridine rings is 1. The molecule has 1 aliphatic rings. The molecule has 3 heterocycles. The predicted octanol–water partition coefficient (Wildman–Crippen LogP) is 13.8. The summed E-state index contributed by atoms with van der Waals surface area (Å²) in [6.45, 7) is 13.3. The summed E-state index contributed by atoms with van der Waals surface area (Å²) in [5, 5.41) is 2.23. The van der Waals surface area contributed by atoms with Crippen molar-refractivity contribution in [1.29, 1.82) is 0 Å². The number of rotatable bonds is 6. The summed E-state index contributed by atoms with van der Waals surface area (Å²) < 4.78 is 40.2. The maximum Gasteiger partial charge on any atom is 0.149 e. The third-order valence-electron chi connectivity index (χ3n) is 10.9. The summed E-state index contributed by atoms with van der Waals surface area (Å²) in [5.41, 5.74) is 8.39. The summed E-state index contributed by atoms with van der Waals surface area (Å²) >= 11 is 0. The third kappa shape index (κ3) is 6.47. The van der Waals surface area contributed by atoms with Crippen molar-refractivity contribution < 1.29 is 13.5 Å². The second-order valence-electron chi connectivity index (χ2n) is 16.9. The van der Waals surface area contributed by atoms with Gasteiger partial charge in [0, 0.05) is 34.8 Å². The van der Waals surface area contributed by atoms with E-state index in [9.17, 15) is 0 Å². The Morgan fingerprint density at radius 1 is 0.579 bits per heavy atom. The average Bonchev–Trinajstić information content (AvgIpc) is 3.73. The molecular formula is C50H44F2N4O. The lowest BCUT2D eigenvalue weighted by Gasteiger charge is -2.26. The van der Waals surface area contributed by atoms with E-state index in [1.807, 2.05) is 36.4 Å². The van der Waals surface area contributed by atoms with E-state index >= 15 is 8.78 Å². The van der Waals surface area contributed by atoms with E-state index in [2.05, 4.69) is 136 Å². The van der Waals surface area contributed by atoms with Gasteiger partial charge in [-0.2, -0.15) is 0 Å². The second-order valence-corrected chi connectivity index (χ2v) is 16.9. The Bertz CT molecular complexity index is 2790. The zero-order valence-electron chi connectivity index (χ0n) is 33.0. The highest BCUT2D eigenvalue weighted by Crippen LogP contribution is 2.49. The molecule has 0 fully saturated rings. The lowest BCUT2D eigenvalue weighted by atomic mass is 9.82. The smallest absolute Gasteiger partial charge is 0.149 e. The summed E-state index contributed by atoms with van der Waals surface area (Å²) in [7, 11) is 0. The monoisotopic (exact) mass is 754 g/mol. The molecule has 0 bridgehead atoms. The summed E-state index contributed by atoms with van der Waals surface area (Å²) in [6, 6.07) is 45.4. The molecule has 0 spiro atoms. The molecule has 0 N–H and O–H groups in total. The molecule has 7 heteroatoms. The first-order chi connectivity index (χ1) is 27.3. The molecule has 0 aliphatic carbocycles. The van der Waals surface area contributed by atoms with Crippen LogP contribution in [0.4, 0.5) is 31.5 Å². The molecule has 8 aromatic rings. The minimum absolute atomic E-state index is 0.0744. The van der Waals surface area contributed by atoms with Crippen LogP contribution in [-0.2, 0) is 10.8 Å². The van der Waals surface area contributed by atoms with E-state index in [0.717, 1.165) is 61.4 Å². The van der Waals surface area contributed by atoms with Gasteiger partial charge in [-0.15, -0.1) is 0 Å². The Kier molecular flexibility index (Phi) is 8.65. The molecule has 0 amide bonds. The van der Waals surface area contributed by atoms with Gasteiger partial charge in [0.2, 0.25) is 0 Å². The molecule has 0 atom stereocenters. The van der Waals surface area contributed by atoms with E-state index in [0.29, 0.717) is 11.5 Å². The molecule has 9 rings (SSSR count). The second kappa shape index (κ2) is 13.6. The maximum atomic E-state index is 15.6. The van der Waals surface area contributed by atoms with Crippen LogP contribution in [0.25, 0.3) is 38.8 Å². The number of hydrogen-bond acceptors (Lipinski definition) is 4. The van der Waals surface area contributed by atoms with Gasteiger partial charge in [0.15, 0.2) is 0 Å². The molecule has 0 saturated heterocycles. The predicted molar refractivity (Wildman–Crippen MR) is 230 cm³/mol. The van der Waals surface area contributed by atoms with E-state index in [1.165, 1.54) is 23.8 Å². The first-order valence-corrected chi connectivity index (χ1v) is 19.4. The van der Waals surface area contributed by atoms with Crippen molar-refractivity contribution in [3.05, 3.63) is 168 Å². The van der Waals surface area contributed by atoms with Crippen molar-refractivity contribution in [2.45, 2.75) is 52.4 Å². The normalized spacial score (nSPS) is 13.1. The number of fused-ring (bicyclic) bond motifs is 4. The van der Waals surface area contributed by atoms with Crippen LogP contribution < -0.4 is 14.5 Å². The Morgan fingerprint density at radius 3 is 2.07 bits per heavy atom. The lowest BCUT2D eigenvalue weighted by molar-refractivity contribution is 0.483. The molecule has 284 valence electrons. The first kappa shape index (κ1) is 36.2.